The summed E-state index contributed by atoms with van der Waals surface area (Å²) in [6, 6.07) is 22.9. The van der Waals surface area contributed by atoms with Crippen LogP contribution in [0.1, 0.15) is 28.2 Å². The number of hydrogen-bond acceptors (Lipinski definition) is 3. The Morgan fingerprint density at radius 2 is 1.42 bits per heavy atom. The number of nitrogens with zero attached hydrogens (tertiary/aromatic N) is 1. The van der Waals surface area contributed by atoms with Gasteiger partial charge < -0.3 is 9.64 Å². The van der Waals surface area contributed by atoms with E-state index in [1.165, 1.54) is 28.1 Å². The molecule has 130 valence electrons. The number of aryl methyl sites for hydroxylation is 1. The van der Waals surface area contributed by atoms with E-state index in [4.69, 9.17) is 17.0 Å². The molecule has 0 saturated heterocycles. The normalized spacial score (nSPS) is 13.1. The maximum atomic E-state index is 6.23. The highest BCUT2D eigenvalue weighted by Crippen LogP contribution is 2.45. The second kappa shape index (κ2) is 6.58. The summed E-state index contributed by atoms with van der Waals surface area (Å²) in [6.07, 6.45) is 0. The molecular formula is C23H21NOS. The molecule has 0 aromatic heterocycles. The van der Waals surface area contributed by atoms with Crippen LogP contribution < -0.4 is 9.64 Å². The molecule has 3 aromatic rings. The van der Waals surface area contributed by atoms with Gasteiger partial charge in [-0.1, -0.05) is 48.5 Å². The first-order valence-corrected chi connectivity index (χ1v) is 9.18. The predicted molar refractivity (Wildman–Crippen MR) is 112 cm³/mol. The van der Waals surface area contributed by atoms with Crippen LogP contribution in [0.2, 0.25) is 0 Å². The summed E-state index contributed by atoms with van der Waals surface area (Å²) in [5.41, 5.74) is 7.04. The maximum absolute atomic E-state index is 6.23. The SMILES string of the molecule is Cc1cccc(OC(=S)C2c3ccccc3N(C)c3ccccc32)c1C. The zero-order valence-corrected chi connectivity index (χ0v) is 16.0. The van der Waals surface area contributed by atoms with Crippen LogP contribution in [0.4, 0.5) is 11.4 Å². The Morgan fingerprint density at radius 1 is 0.846 bits per heavy atom. The van der Waals surface area contributed by atoms with Crippen molar-refractivity contribution in [3.05, 3.63) is 89.0 Å². The lowest BCUT2D eigenvalue weighted by Crippen LogP contribution is -2.27. The van der Waals surface area contributed by atoms with Crippen molar-refractivity contribution in [2.24, 2.45) is 0 Å². The summed E-state index contributed by atoms with van der Waals surface area (Å²) < 4.78 is 6.23. The minimum atomic E-state index is -0.0616. The average molecular weight is 359 g/mol. The molecule has 26 heavy (non-hydrogen) atoms. The van der Waals surface area contributed by atoms with Crippen molar-refractivity contribution in [2.75, 3.05) is 11.9 Å². The van der Waals surface area contributed by atoms with E-state index >= 15 is 0 Å². The molecule has 0 bridgehead atoms. The summed E-state index contributed by atoms with van der Waals surface area (Å²) in [7, 11) is 2.10. The summed E-state index contributed by atoms with van der Waals surface area (Å²) in [4.78, 5) is 2.22. The molecular weight excluding hydrogens is 338 g/mol. The molecule has 0 amide bonds. The average Bonchev–Trinajstić information content (AvgIpc) is 2.66. The number of fused-ring (bicyclic) bond motifs is 2. The van der Waals surface area contributed by atoms with Crippen LogP contribution in [-0.2, 0) is 0 Å². The van der Waals surface area contributed by atoms with E-state index in [2.05, 4.69) is 80.4 Å². The van der Waals surface area contributed by atoms with Crippen molar-refractivity contribution >= 4 is 28.6 Å². The molecule has 4 rings (SSSR count). The molecule has 0 aliphatic carbocycles. The molecule has 0 atom stereocenters. The minimum absolute atomic E-state index is 0.0616. The summed E-state index contributed by atoms with van der Waals surface area (Å²) >= 11 is 5.81. The van der Waals surface area contributed by atoms with E-state index in [-0.39, 0.29) is 5.92 Å². The van der Waals surface area contributed by atoms with Gasteiger partial charge in [0.2, 0.25) is 0 Å². The minimum Gasteiger partial charge on any atom is -0.449 e. The van der Waals surface area contributed by atoms with Crippen LogP contribution >= 0.6 is 12.2 Å². The largest absolute Gasteiger partial charge is 0.449 e. The van der Waals surface area contributed by atoms with Crippen LogP contribution in [0.15, 0.2) is 66.7 Å². The predicted octanol–water partition coefficient (Wildman–Crippen LogP) is 5.92. The molecule has 0 fully saturated rings. The smallest absolute Gasteiger partial charge is 0.179 e. The topological polar surface area (TPSA) is 12.5 Å². The van der Waals surface area contributed by atoms with Gasteiger partial charge in [-0.05, 0) is 66.5 Å². The Bertz CT molecular complexity index is 948. The Kier molecular flexibility index (Phi) is 4.25. The van der Waals surface area contributed by atoms with Crippen LogP contribution in [0.5, 0.6) is 5.75 Å². The standard InChI is InChI=1S/C23H21NOS/c1-15-9-8-14-21(16(15)2)25-23(26)22-17-10-4-6-12-19(17)24(3)20-13-7-5-11-18(20)22/h4-14,22H,1-3H3. The van der Waals surface area contributed by atoms with Gasteiger partial charge in [0, 0.05) is 18.4 Å². The molecule has 0 unspecified atom stereocenters. The van der Waals surface area contributed by atoms with E-state index in [1.54, 1.807) is 0 Å². The van der Waals surface area contributed by atoms with Gasteiger partial charge in [0.05, 0.1) is 5.92 Å². The molecule has 0 spiro atoms. The van der Waals surface area contributed by atoms with E-state index in [9.17, 15) is 0 Å². The first-order valence-electron chi connectivity index (χ1n) is 8.77. The molecule has 0 radical (unpaired) electrons. The fourth-order valence-electron chi connectivity index (χ4n) is 3.63. The molecule has 2 nitrogen and oxygen atoms in total. The zero-order chi connectivity index (χ0) is 18.3. The van der Waals surface area contributed by atoms with Crippen LogP contribution in [0, 0.1) is 13.8 Å². The number of ether oxygens (including phenoxy) is 1. The van der Waals surface area contributed by atoms with Gasteiger partial charge in [-0.25, -0.2) is 0 Å². The van der Waals surface area contributed by atoms with Crippen molar-refractivity contribution in [1.82, 2.24) is 0 Å². The number of para-hydroxylation sites is 2. The van der Waals surface area contributed by atoms with E-state index in [1.807, 2.05) is 12.1 Å². The Morgan fingerprint density at radius 3 is 2.04 bits per heavy atom. The third kappa shape index (κ3) is 2.69. The second-order valence-electron chi connectivity index (χ2n) is 6.73. The highest BCUT2D eigenvalue weighted by atomic mass is 32.1. The highest BCUT2D eigenvalue weighted by molar-refractivity contribution is 7.80. The third-order valence-corrected chi connectivity index (χ3v) is 5.54. The van der Waals surface area contributed by atoms with Crippen LogP contribution in [0.3, 0.4) is 0 Å². The summed E-state index contributed by atoms with van der Waals surface area (Å²) in [6.45, 7) is 4.16. The monoisotopic (exact) mass is 359 g/mol. The van der Waals surface area contributed by atoms with Gasteiger partial charge in [0.15, 0.2) is 5.05 Å². The van der Waals surface area contributed by atoms with E-state index in [0.29, 0.717) is 5.05 Å². The van der Waals surface area contributed by atoms with Crippen molar-refractivity contribution in [3.63, 3.8) is 0 Å². The first-order chi connectivity index (χ1) is 12.6. The number of rotatable bonds is 2. The van der Waals surface area contributed by atoms with Gasteiger partial charge in [0.1, 0.15) is 5.75 Å². The number of benzene rings is 3. The lowest BCUT2D eigenvalue weighted by Gasteiger charge is -2.35. The van der Waals surface area contributed by atoms with Gasteiger partial charge >= 0.3 is 0 Å². The lowest BCUT2D eigenvalue weighted by molar-refractivity contribution is 0.538. The van der Waals surface area contributed by atoms with Crippen molar-refractivity contribution in [3.8, 4) is 5.75 Å². The van der Waals surface area contributed by atoms with Crippen LogP contribution in [0.25, 0.3) is 0 Å². The van der Waals surface area contributed by atoms with Gasteiger partial charge in [-0.15, -0.1) is 0 Å². The summed E-state index contributed by atoms with van der Waals surface area (Å²) in [5, 5.41) is 0.590. The van der Waals surface area contributed by atoms with Crippen molar-refractivity contribution in [1.29, 1.82) is 0 Å². The molecule has 1 aliphatic heterocycles. The highest BCUT2D eigenvalue weighted by Gasteiger charge is 2.32. The lowest BCUT2D eigenvalue weighted by atomic mass is 9.85. The number of anilines is 2. The Hall–Kier alpha value is -2.65. The quantitative estimate of drug-likeness (QED) is 0.527. The molecule has 0 N–H and O–H groups in total. The number of thiocarbonyl (C=S) groups is 1. The van der Waals surface area contributed by atoms with Crippen LogP contribution in [-0.4, -0.2) is 12.1 Å². The molecule has 1 heterocycles. The van der Waals surface area contributed by atoms with Gasteiger partial charge in [-0.3, -0.25) is 0 Å². The summed E-state index contributed by atoms with van der Waals surface area (Å²) in [5.74, 6) is 0.775. The number of hydrogen-bond donors (Lipinski definition) is 0. The van der Waals surface area contributed by atoms with E-state index in [0.717, 1.165) is 11.3 Å². The van der Waals surface area contributed by atoms with Crippen molar-refractivity contribution in [2.45, 2.75) is 19.8 Å². The molecule has 0 saturated carbocycles. The Balaban J connectivity index is 1.80. The fraction of sp³-hybridized carbons (Fsp3) is 0.174. The van der Waals surface area contributed by atoms with E-state index < -0.39 is 0 Å². The van der Waals surface area contributed by atoms with Gasteiger partial charge in [-0.2, -0.15) is 0 Å². The zero-order valence-electron chi connectivity index (χ0n) is 15.2. The maximum Gasteiger partial charge on any atom is 0.179 e. The first kappa shape index (κ1) is 16.8. The molecule has 3 aromatic carbocycles. The molecule has 1 aliphatic rings. The molecule has 3 heteroatoms. The second-order valence-corrected chi connectivity index (χ2v) is 7.13. The van der Waals surface area contributed by atoms with Gasteiger partial charge in [0.25, 0.3) is 0 Å². The Labute approximate surface area is 160 Å². The van der Waals surface area contributed by atoms with Crippen molar-refractivity contribution < 1.29 is 4.74 Å². The fourth-order valence-corrected chi connectivity index (χ4v) is 3.97. The third-order valence-electron chi connectivity index (χ3n) is 5.22.